The maximum absolute atomic E-state index is 12.7. The van der Waals surface area contributed by atoms with E-state index in [2.05, 4.69) is 15.2 Å². The molecule has 2 aromatic rings. The third kappa shape index (κ3) is 4.09. The zero-order valence-corrected chi connectivity index (χ0v) is 16.6. The van der Waals surface area contributed by atoms with E-state index in [1.807, 2.05) is 24.0 Å². The minimum atomic E-state index is -0.186. The molecule has 0 unspecified atom stereocenters. The van der Waals surface area contributed by atoms with E-state index in [4.69, 9.17) is 0 Å². The molecule has 2 fully saturated rings. The Balaban J connectivity index is 1.32. The number of urea groups is 1. The van der Waals surface area contributed by atoms with Crippen LogP contribution in [0.3, 0.4) is 0 Å². The Morgan fingerprint density at radius 2 is 1.90 bits per heavy atom. The number of carbonyl (C=O) groups excluding carboxylic acids is 2. The molecule has 0 saturated carbocycles. The fourth-order valence-corrected chi connectivity index (χ4v) is 3.90. The summed E-state index contributed by atoms with van der Waals surface area (Å²) in [6.45, 7) is 7.69. The van der Waals surface area contributed by atoms with E-state index in [-0.39, 0.29) is 24.0 Å². The molecule has 1 aromatic carbocycles. The summed E-state index contributed by atoms with van der Waals surface area (Å²) in [4.78, 5) is 47.2. The van der Waals surface area contributed by atoms with Crippen molar-refractivity contribution in [3.8, 4) is 0 Å². The van der Waals surface area contributed by atoms with Crippen molar-refractivity contribution in [2.45, 2.75) is 13.5 Å². The van der Waals surface area contributed by atoms with Crippen molar-refractivity contribution in [1.82, 2.24) is 29.6 Å². The lowest BCUT2D eigenvalue weighted by Crippen LogP contribution is -2.51. The monoisotopic (exact) mass is 398 g/mol. The maximum Gasteiger partial charge on any atom is 0.317 e. The number of aromatic nitrogens is 2. The maximum atomic E-state index is 12.7. The van der Waals surface area contributed by atoms with Gasteiger partial charge in [-0.15, -0.1) is 0 Å². The molecule has 0 radical (unpaired) electrons. The molecular weight excluding hydrogens is 372 g/mol. The van der Waals surface area contributed by atoms with Gasteiger partial charge in [0.05, 0.1) is 17.2 Å². The molecule has 154 valence electrons. The average Bonchev–Trinajstić information content (AvgIpc) is 3.14. The molecule has 2 saturated heterocycles. The van der Waals surface area contributed by atoms with Crippen LogP contribution < -0.4 is 10.9 Å². The average molecular weight is 398 g/mol. The van der Waals surface area contributed by atoms with Crippen LogP contribution in [0.5, 0.6) is 0 Å². The third-order valence-electron chi connectivity index (χ3n) is 5.72. The van der Waals surface area contributed by atoms with Gasteiger partial charge in [0, 0.05) is 52.4 Å². The summed E-state index contributed by atoms with van der Waals surface area (Å²) < 4.78 is 1.39. The molecule has 9 nitrogen and oxygen atoms in total. The quantitative estimate of drug-likeness (QED) is 0.758. The minimum absolute atomic E-state index is 0.00319. The molecule has 0 spiro atoms. The summed E-state index contributed by atoms with van der Waals surface area (Å²) >= 11 is 0. The number of para-hydroxylation sites is 1. The first-order valence-electron chi connectivity index (χ1n) is 10.0. The smallest absolute Gasteiger partial charge is 0.317 e. The van der Waals surface area contributed by atoms with Crippen molar-refractivity contribution in [2.75, 3.05) is 52.4 Å². The molecule has 0 aliphatic carbocycles. The Morgan fingerprint density at radius 3 is 2.62 bits per heavy atom. The number of rotatable bonds is 5. The van der Waals surface area contributed by atoms with E-state index in [1.165, 1.54) is 10.9 Å². The Bertz CT molecular complexity index is 980. The lowest BCUT2D eigenvalue weighted by molar-refractivity contribution is -0.133. The Kier molecular flexibility index (Phi) is 5.48. The van der Waals surface area contributed by atoms with E-state index in [9.17, 15) is 14.4 Å². The molecule has 2 aliphatic rings. The summed E-state index contributed by atoms with van der Waals surface area (Å²) in [7, 11) is 0. The number of fused-ring (bicyclic) bond motifs is 1. The number of aryl methyl sites for hydroxylation is 1. The van der Waals surface area contributed by atoms with Crippen molar-refractivity contribution < 1.29 is 9.59 Å². The van der Waals surface area contributed by atoms with Crippen LogP contribution in [0.15, 0.2) is 29.3 Å². The second kappa shape index (κ2) is 8.20. The van der Waals surface area contributed by atoms with Crippen LogP contribution in [0.1, 0.15) is 5.56 Å². The van der Waals surface area contributed by atoms with E-state index in [1.54, 1.807) is 11.0 Å². The highest BCUT2D eigenvalue weighted by molar-refractivity contribution is 5.81. The van der Waals surface area contributed by atoms with Crippen molar-refractivity contribution in [3.05, 3.63) is 40.4 Å². The topological polar surface area (TPSA) is 90.8 Å². The molecule has 0 bridgehead atoms. The molecule has 1 N–H and O–H groups in total. The van der Waals surface area contributed by atoms with Crippen LogP contribution >= 0.6 is 0 Å². The van der Waals surface area contributed by atoms with Gasteiger partial charge in [0.15, 0.2) is 0 Å². The Hall–Kier alpha value is -2.94. The van der Waals surface area contributed by atoms with Gasteiger partial charge in [-0.1, -0.05) is 12.1 Å². The standard InChI is InChI=1S/C20H26N6O3/c1-15-3-2-4-16-18(15)22-14-26(19(16)28)13-17(27)24-10-7-23(8-11-24)9-12-25-6-5-21-20(25)29/h2-4,14H,5-13H2,1H3,(H,21,29). The number of nitrogens with zero attached hydrogens (tertiary/aromatic N) is 5. The SMILES string of the molecule is Cc1cccc2c(=O)n(CC(=O)N3CCN(CCN4CCNC4=O)CC3)cnc12. The van der Waals surface area contributed by atoms with Crippen molar-refractivity contribution in [1.29, 1.82) is 0 Å². The lowest BCUT2D eigenvalue weighted by atomic mass is 10.1. The van der Waals surface area contributed by atoms with Gasteiger partial charge in [-0.25, -0.2) is 9.78 Å². The predicted molar refractivity (Wildman–Crippen MR) is 109 cm³/mol. The van der Waals surface area contributed by atoms with E-state index >= 15 is 0 Å². The van der Waals surface area contributed by atoms with Crippen molar-refractivity contribution in [3.63, 3.8) is 0 Å². The summed E-state index contributed by atoms with van der Waals surface area (Å²) in [6.07, 6.45) is 1.47. The molecule has 4 rings (SSSR count). The van der Waals surface area contributed by atoms with Gasteiger partial charge in [-0.05, 0) is 18.6 Å². The normalized spacial score (nSPS) is 17.8. The van der Waals surface area contributed by atoms with Gasteiger partial charge >= 0.3 is 6.03 Å². The molecule has 3 heterocycles. The third-order valence-corrected chi connectivity index (χ3v) is 5.72. The second-order valence-corrected chi connectivity index (χ2v) is 7.59. The number of piperazine rings is 1. The molecular formula is C20H26N6O3. The molecule has 1 aromatic heterocycles. The van der Waals surface area contributed by atoms with Crippen LogP contribution in [0, 0.1) is 6.92 Å². The van der Waals surface area contributed by atoms with Gasteiger partial charge in [0.25, 0.3) is 5.56 Å². The fourth-order valence-electron chi connectivity index (χ4n) is 3.90. The zero-order valence-electron chi connectivity index (χ0n) is 16.6. The van der Waals surface area contributed by atoms with Gasteiger partial charge in [0.2, 0.25) is 5.91 Å². The number of nitrogens with one attached hydrogen (secondary N) is 1. The van der Waals surface area contributed by atoms with E-state index in [0.717, 1.165) is 31.7 Å². The lowest BCUT2D eigenvalue weighted by Gasteiger charge is -2.35. The molecule has 2 aliphatic heterocycles. The van der Waals surface area contributed by atoms with Crippen LogP contribution in [-0.4, -0.2) is 88.5 Å². The van der Waals surface area contributed by atoms with Crippen LogP contribution in [-0.2, 0) is 11.3 Å². The fraction of sp³-hybridized carbons (Fsp3) is 0.500. The first-order valence-corrected chi connectivity index (χ1v) is 10.0. The Morgan fingerprint density at radius 1 is 1.10 bits per heavy atom. The molecule has 3 amide bonds. The van der Waals surface area contributed by atoms with Gasteiger partial charge < -0.3 is 15.1 Å². The predicted octanol–water partition coefficient (Wildman–Crippen LogP) is -0.126. The highest BCUT2D eigenvalue weighted by atomic mass is 16.2. The first kappa shape index (κ1) is 19.4. The largest absolute Gasteiger partial charge is 0.339 e. The summed E-state index contributed by atoms with van der Waals surface area (Å²) in [5.41, 5.74) is 1.44. The highest BCUT2D eigenvalue weighted by Gasteiger charge is 2.24. The molecule has 0 atom stereocenters. The molecule has 9 heteroatoms. The second-order valence-electron chi connectivity index (χ2n) is 7.59. The highest BCUT2D eigenvalue weighted by Crippen LogP contribution is 2.11. The van der Waals surface area contributed by atoms with E-state index in [0.29, 0.717) is 37.1 Å². The minimum Gasteiger partial charge on any atom is -0.339 e. The number of hydrogen-bond donors (Lipinski definition) is 1. The summed E-state index contributed by atoms with van der Waals surface area (Å²) in [5.74, 6) is -0.0699. The number of amides is 3. The van der Waals surface area contributed by atoms with Crippen LogP contribution in [0.25, 0.3) is 10.9 Å². The Labute approximate surface area is 168 Å². The van der Waals surface area contributed by atoms with Gasteiger partial charge in [-0.2, -0.15) is 0 Å². The van der Waals surface area contributed by atoms with Gasteiger partial charge in [-0.3, -0.25) is 19.1 Å². The number of hydrogen-bond acceptors (Lipinski definition) is 5. The molecule has 29 heavy (non-hydrogen) atoms. The zero-order chi connectivity index (χ0) is 20.4. The van der Waals surface area contributed by atoms with Crippen LogP contribution in [0.4, 0.5) is 4.79 Å². The number of carbonyl (C=O) groups is 2. The summed E-state index contributed by atoms with van der Waals surface area (Å²) in [6, 6.07) is 5.50. The number of benzene rings is 1. The van der Waals surface area contributed by atoms with Crippen molar-refractivity contribution >= 4 is 22.8 Å². The van der Waals surface area contributed by atoms with Crippen molar-refractivity contribution in [2.24, 2.45) is 0 Å². The summed E-state index contributed by atoms with van der Waals surface area (Å²) in [5, 5.41) is 3.34. The van der Waals surface area contributed by atoms with Crippen LogP contribution in [0.2, 0.25) is 0 Å². The van der Waals surface area contributed by atoms with Gasteiger partial charge in [0.1, 0.15) is 6.54 Å². The first-order chi connectivity index (χ1) is 14.0. The van der Waals surface area contributed by atoms with E-state index < -0.39 is 0 Å².